The minimum absolute atomic E-state index is 0.0869. The lowest BCUT2D eigenvalue weighted by molar-refractivity contribution is 0.220. The summed E-state index contributed by atoms with van der Waals surface area (Å²) in [5.74, 6) is 0. The van der Waals surface area contributed by atoms with Crippen LogP contribution in [0.1, 0.15) is 32.4 Å². The van der Waals surface area contributed by atoms with Crippen molar-refractivity contribution in [3.8, 4) is 0 Å². The van der Waals surface area contributed by atoms with Gasteiger partial charge in [-0.15, -0.1) is 0 Å². The van der Waals surface area contributed by atoms with Gasteiger partial charge in [-0.3, -0.25) is 0 Å². The standard InChI is InChI=1S/C11H19ClN2O3S2/c1-4-9(5-2)14(6-7-15)19(16,17)10-8(3)13-11(12)18-10/h9,15H,4-7H2,1-3H3. The molecule has 0 unspecified atom stereocenters. The van der Waals surface area contributed by atoms with E-state index in [1.54, 1.807) is 6.92 Å². The molecule has 1 N–H and O–H groups in total. The van der Waals surface area contributed by atoms with E-state index in [0.29, 0.717) is 18.5 Å². The molecule has 1 aromatic heterocycles. The van der Waals surface area contributed by atoms with Crippen molar-refractivity contribution in [3.05, 3.63) is 10.2 Å². The molecule has 0 aliphatic carbocycles. The predicted octanol–water partition coefficient (Wildman–Crippen LogP) is 2.28. The molecule has 110 valence electrons. The van der Waals surface area contributed by atoms with Gasteiger partial charge < -0.3 is 5.11 Å². The maximum Gasteiger partial charge on any atom is 0.254 e. The molecule has 0 bridgehead atoms. The first-order valence-corrected chi connectivity index (χ1v) is 8.77. The van der Waals surface area contributed by atoms with Gasteiger partial charge in [-0.1, -0.05) is 36.8 Å². The fraction of sp³-hybridized carbons (Fsp3) is 0.727. The van der Waals surface area contributed by atoms with Gasteiger partial charge in [0.05, 0.1) is 12.3 Å². The highest BCUT2D eigenvalue weighted by atomic mass is 35.5. The average molecular weight is 327 g/mol. The number of rotatable bonds is 7. The molecule has 0 aliphatic heterocycles. The number of aliphatic hydroxyl groups is 1. The van der Waals surface area contributed by atoms with E-state index in [1.165, 1.54) is 4.31 Å². The smallest absolute Gasteiger partial charge is 0.254 e. The predicted molar refractivity (Wildman–Crippen MR) is 77.2 cm³/mol. The number of aromatic nitrogens is 1. The highest BCUT2D eigenvalue weighted by molar-refractivity contribution is 7.91. The van der Waals surface area contributed by atoms with Crippen molar-refractivity contribution in [2.24, 2.45) is 0 Å². The average Bonchev–Trinajstić information content (AvgIpc) is 2.69. The van der Waals surface area contributed by atoms with Gasteiger partial charge in [0, 0.05) is 12.6 Å². The minimum Gasteiger partial charge on any atom is -0.395 e. The molecule has 0 fully saturated rings. The van der Waals surface area contributed by atoms with Gasteiger partial charge in [0.2, 0.25) is 0 Å². The van der Waals surface area contributed by atoms with Crippen molar-refractivity contribution in [2.75, 3.05) is 13.2 Å². The second-order valence-electron chi connectivity index (χ2n) is 4.15. The minimum atomic E-state index is -3.65. The van der Waals surface area contributed by atoms with Gasteiger partial charge in [0.25, 0.3) is 10.0 Å². The molecule has 1 aromatic rings. The molecular weight excluding hydrogens is 308 g/mol. The highest BCUT2D eigenvalue weighted by Crippen LogP contribution is 2.31. The Labute approximate surface area is 123 Å². The first kappa shape index (κ1) is 16.8. The third-order valence-corrected chi connectivity index (χ3v) is 6.74. The number of halogens is 1. The Hall–Kier alpha value is -0.210. The van der Waals surface area contributed by atoms with E-state index in [1.807, 2.05) is 13.8 Å². The van der Waals surface area contributed by atoms with E-state index in [0.717, 1.165) is 11.3 Å². The van der Waals surface area contributed by atoms with Gasteiger partial charge in [-0.05, 0) is 19.8 Å². The quantitative estimate of drug-likeness (QED) is 0.834. The van der Waals surface area contributed by atoms with Crippen LogP contribution in [-0.2, 0) is 10.0 Å². The van der Waals surface area contributed by atoms with Crippen LogP contribution in [-0.4, -0.2) is 42.0 Å². The lowest BCUT2D eigenvalue weighted by atomic mass is 10.2. The van der Waals surface area contributed by atoms with E-state index in [4.69, 9.17) is 16.7 Å². The summed E-state index contributed by atoms with van der Waals surface area (Å²) in [6.45, 7) is 5.37. The van der Waals surface area contributed by atoms with Crippen LogP contribution in [0.15, 0.2) is 4.21 Å². The van der Waals surface area contributed by atoms with Crippen LogP contribution in [0.5, 0.6) is 0 Å². The normalized spacial score (nSPS) is 12.6. The zero-order valence-corrected chi connectivity index (χ0v) is 13.6. The second kappa shape index (κ2) is 6.99. The maximum absolute atomic E-state index is 12.6. The summed E-state index contributed by atoms with van der Waals surface area (Å²) in [7, 11) is -3.65. The van der Waals surface area contributed by atoms with Crippen molar-refractivity contribution < 1.29 is 13.5 Å². The van der Waals surface area contributed by atoms with Crippen LogP contribution in [0, 0.1) is 6.92 Å². The Morgan fingerprint density at radius 3 is 2.37 bits per heavy atom. The largest absolute Gasteiger partial charge is 0.395 e. The molecule has 8 heteroatoms. The molecule has 0 aliphatic rings. The molecule has 1 rings (SSSR count). The zero-order chi connectivity index (χ0) is 14.6. The molecule has 0 amide bonds. The van der Waals surface area contributed by atoms with Gasteiger partial charge >= 0.3 is 0 Å². The summed E-state index contributed by atoms with van der Waals surface area (Å²) >= 11 is 6.73. The van der Waals surface area contributed by atoms with Crippen LogP contribution in [0.25, 0.3) is 0 Å². The van der Waals surface area contributed by atoms with Crippen LogP contribution >= 0.6 is 22.9 Å². The maximum atomic E-state index is 12.6. The summed E-state index contributed by atoms with van der Waals surface area (Å²) in [5, 5.41) is 9.12. The summed E-state index contributed by atoms with van der Waals surface area (Å²) < 4.78 is 27.0. The number of hydrogen-bond donors (Lipinski definition) is 1. The number of sulfonamides is 1. The first-order valence-electron chi connectivity index (χ1n) is 6.14. The lowest BCUT2D eigenvalue weighted by Gasteiger charge is -2.28. The molecule has 0 atom stereocenters. The number of nitrogens with zero attached hydrogens (tertiary/aromatic N) is 2. The molecule has 0 aromatic carbocycles. The lowest BCUT2D eigenvalue weighted by Crippen LogP contribution is -2.41. The Balaban J connectivity index is 3.23. The molecule has 0 saturated carbocycles. The summed E-state index contributed by atoms with van der Waals surface area (Å²) in [5.41, 5.74) is 0.406. The number of aryl methyl sites for hydroxylation is 1. The highest BCUT2D eigenvalue weighted by Gasteiger charge is 2.32. The van der Waals surface area contributed by atoms with E-state index in [-0.39, 0.29) is 27.9 Å². The van der Waals surface area contributed by atoms with Crippen molar-refractivity contribution >= 4 is 33.0 Å². The number of thiazole rings is 1. The van der Waals surface area contributed by atoms with Crippen LogP contribution in [0.3, 0.4) is 0 Å². The molecule has 1 heterocycles. The SMILES string of the molecule is CCC(CC)N(CCO)S(=O)(=O)c1sc(Cl)nc1C. The molecule has 19 heavy (non-hydrogen) atoms. The third kappa shape index (κ3) is 3.66. The second-order valence-corrected chi connectivity index (χ2v) is 7.82. The monoisotopic (exact) mass is 326 g/mol. The Kier molecular flexibility index (Phi) is 6.19. The van der Waals surface area contributed by atoms with Crippen molar-refractivity contribution in [2.45, 2.75) is 43.9 Å². The third-order valence-electron chi connectivity index (χ3n) is 2.94. The summed E-state index contributed by atoms with van der Waals surface area (Å²) in [4.78, 5) is 3.95. The Bertz CT molecular complexity index is 512. The molecule has 5 nitrogen and oxygen atoms in total. The molecule has 0 saturated heterocycles. The number of hydrogen-bond acceptors (Lipinski definition) is 5. The number of aliphatic hydroxyl groups excluding tert-OH is 1. The topological polar surface area (TPSA) is 70.5 Å². The molecular formula is C11H19ClN2O3S2. The first-order chi connectivity index (χ1) is 8.88. The van der Waals surface area contributed by atoms with Crippen molar-refractivity contribution in [1.29, 1.82) is 0 Å². The van der Waals surface area contributed by atoms with Crippen molar-refractivity contribution in [3.63, 3.8) is 0 Å². The Morgan fingerprint density at radius 2 is 2.00 bits per heavy atom. The van der Waals surface area contributed by atoms with Gasteiger partial charge in [0.15, 0.2) is 8.68 Å². The van der Waals surface area contributed by atoms with E-state index in [9.17, 15) is 8.42 Å². The van der Waals surface area contributed by atoms with Gasteiger partial charge in [0.1, 0.15) is 0 Å². The van der Waals surface area contributed by atoms with Crippen LogP contribution in [0.2, 0.25) is 4.47 Å². The molecule has 0 radical (unpaired) electrons. The van der Waals surface area contributed by atoms with Crippen LogP contribution in [0.4, 0.5) is 0 Å². The van der Waals surface area contributed by atoms with E-state index < -0.39 is 10.0 Å². The molecule has 0 spiro atoms. The Morgan fingerprint density at radius 1 is 1.42 bits per heavy atom. The zero-order valence-electron chi connectivity index (χ0n) is 11.3. The van der Waals surface area contributed by atoms with Crippen LogP contribution < -0.4 is 0 Å². The fourth-order valence-corrected chi connectivity index (χ4v) is 5.60. The summed E-state index contributed by atoms with van der Waals surface area (Å²) in [6.07, 6.45) is 1.39. The van der Waals surface area contributed by atoms with E-state index in [2.05, 4.69) is 4.98 Å². The van der Waals surface area contributed by atoms with Gasteiger partial charge in [-0.2, -0.15) is 4.31 Å². The van der Waals surface area contributed by atoms with Crippen molar-refractivity contribution in [1.82, 2.24) is 9.29 Å². The van der Waals surface area contributed by atoms with E-state index >= 15 is 0 Å². The fourth-order valence-electron chi connectivity index (χ4n) is 1.99. The summed E-state index contributed by atoms with van der Waals surface area (Å²) in [6, 6.07) is -0.127. The van der Waals surface area contributed by atoms with Gasteiger partial charge in [-0.25, -0.2) is 13.4 Å².